The minimum Gasteiger partial charge on any atom is -0.496 e. The molecule has 3 fully saturated rings. The summed E-state index contributed by atoms with van der Waals surface area (Å²) in [4.78, 5) is 17.6. The average Bonchev–Trinajstić information content (AvgIpc) is 2.56. The smallest absolute Gasteiger partial charge is 0.254 e. The van der Waals surface area contributed by atoms with E-state index in [1.165, 1.54) is 25.9 Å². The molecule has 0 aromatic heterocycles. The summed E-state index contributed by atoms with van der Waals surface area (Å²) < 4.78 is 5.41. The Kier molecular flexibility index (Phi) is 3.14. The van der Waals surface area contributed by atoms with Crippen LogP contribution in [0.4, 0.5) is 0 Å². The topological polar surface area (TPSA) is 32.8 Å². The lowest BCUT2D eigenvalue weighted by Crippen LogP contribution is -2.59. The maximum Gasteiger partial charge on any atom is 0.254 e. The van der Waals surface area contributed by atoms with E-state index in [1.54, 1.807) is 7.11 Å². The Hall–Kier alpha value is -1.55. The van der Waals surface area contributed by atoms with Crippen molar-refractivity contribution in [3.63, 3.8) is 0 Å². The molecule has 21 heavy (non-hydrogen) atoms. The van der Waals surface area contributed by atoms with E-state index in [0.717, 1.165) is 36.4 Å². The van der Waals surface area contributed by atoms with Crippen molar-refractivity contribution in [3.8, 4) is 5.75 Å². The van der Waals surface area contributed by atoms with Crippen molar-refractivity contribution in [3.05, 3.63) is 29.3 Å². The molecule has 0 spiro atoms. The first kappa shape index (κ1) is 13.1. The fraction of sp³-hybridized carbons (Fsp3) is 0.588. The first-order chi connectivity index (χ1) is 10.3. The maximum absolute atomic E-state index is 12.9. The highest BCUT2D eigenvalue weighted by Crippen LogP contribution is 2.35. The van der Waals surface area contributed by atoms with Crippen molar-refractivity contribution in [2.24, 2.45) is 5.92 Å². The quantitative estimate of drug-likeness (QED) is 0.831. The number of amides is 1. The molecule has 0 aliphatic carbocycles. The van der Waals surface area contributed by atoms with Crippen LogP contribution in [0.15, 0.2) is 18.2 Å². The number of fused-ring (bicyclic) bond motifs is 4. The van der Waals surface area contributed by atoms with Crippen LogP contribution in [0, 0.1) is 5.92 Å². The normalized spacial score (nSPS) is 31.2. The van der Waals surface area contributed by atoms with E-state index < -0.39 is 0 Å². The first-order valence-corrected chi connectivity index (χ1v) is 7.97. The molecule has 0 N–H and O–H groups in total. The number of hydrogen-bond donors (Lipinski definition) is 0. The van der Waals surface area contributed by atoms with E-state index in [-0.39, 0.29) is 5.91 Å². The Balaban J connectivity index is 1.63. The predicted molar refractivity (Wildman–Crippen MR) is 80.7 cm³/mol. The minimum absolute atomic E-state index is 0.203. The second kappa shape index (κ2) is 5.02. The molecule has 1 aromatic rings. The highest BCUT2D eigenvalue weighted by atomic mass is 16.5. The summed E-state index contributed by atoms with van der Waals surface area (Å²) in [7, 11) is 1.68. The van der Waals surface area contributed by atoms with E-state index in [1.807, 2.05) is 18.2 Å². The van der Waals surface area contributed by atoms with Gasteiger partial charge in [-0.3, -0.25) is 4.79 Å². The Bertz CT molecular complexity index is 564. The first-order valence-electron chi connectivity index (χ1n) is 7.97. The summed E-state index contributed by atoms with van der Waals surface area (Å²) in [5.41, 5.74) is 1.93. The van der Waals surface area contributed by atoms with Crippen LogP contribution >= 0.6 is 0 Å². The molecule has 0 radical (unpaired) electrons. The van der Waals surface area contributed by atoms with Crippen LogP contribution in [0.5, 0.6) is 5.75 Å². The minimum atomic E-state index is 0.203. The third-order valence-electron chi connectivity index (χ3n) is 5.47. The van der Waals surface area contributed by atoms with E-state index >= 15 is 0 Å². The summed E-state index contributed by atoms with van der Waals surface area (Å²) in [5.74, 6) is 1.76. The SMILES string of the molecule is COc1cccc2c1CCN([C@@H]1CN3CCC1CC3)C2=O. The van der Waals surface area contributed by atoms with Crippen LogP contribution in [0.3, 0.4) is 0 Å². The molecule has 1 aromatic carbocycles. The number of methoxy groups -OCH3 is 1. The molecule has 4 heteroatoms. The lowest BCUT2D eigenvalue weighted by molar-refractivity contribution is 0.00596. The fourth-order valence-corrected chi connectivity index (χ4v) is 4.31. The highest BCUT2D eigenvalue weighted by molar-refractivity contribution is 5.97. The van der Waals surface area contributed by atoms with Crippen LogP contribution in [-0.4, -0.2) is 55.0 Å². The van der Waals surface area contributed by atoms with Crippen LogP contribution < -0.4 is 4.74 Å². The predicted octanol–water partition coefficient (Wildman–Crippen LogP) is 1.79. The van der Waals surface area contributed by atoms with Gasteiger partial charge in [0.1, 0.15) is 5.75 Å². The molecule has 0 saturated carbocycles. The molecule has 2 bridgehead atoms. The van der Waals surface area contributed by atoms with Gasteiger partial charge in [0, 0.05) is 30.3 Å². The zero-order chi connectivity index (χ0) is 14.4. The Morgan fingerprint density at radius 1 is 1.19 bits per heavy atom. The van der Waals surface area contributed by atoms with Gasteiger partial charge in [0.2, 0.25) is 0 Å². The number of nitrogens with zero attached hydrogens (tertiary/aromatic N) is 2. The van der Waals surface area contributed by atoms with Crippen molar-refractivity contribution in [1.29, 1.82) is 0 Å². The van der Waals surface area contributed by atoms with Gasteiger partial charge < -0.3 is 14.5 Å². The van der Waals surface area contributed by atoms with Crippen molar-refractivity contribution < 1.29 is 9.53 Å². The number of piperidine rings is 3. The monoisotopic (exact) mass is 286 g/mol. The van der Waals surface area contributed by atoms with Gasteiger partial charge in [-0.05, 0) is 50.4 Å². The molecule has 112 valence electrons. The van der Waals surface area contributed by atoms with Gasteiger partial charge in [0.25, 0.3) is 5.91 Å². The van der Waals surface area contributed by atoms with Gasteiger partial charge in [-0.15, -0.1) is 0 Å². The molecule has 1 amide bonds. The number of ether oxygens (including phenoxy) is 1. The molecule has 4 heterocycles. The zero-order valence-electron chi connectivity index (χ0n) is 12.5. The molecular weight excluding hydrogens is 264 g/mol. The van der Waals surface area contributed by atoms with Gasteiger partial charge in [-0.2, -0.15) is 0 Å². The van der Waals surface area contributed by atoms with Gasteiger partial charge in [0.05, 0.1) is 7.11 Å². The molecule has 0 unspecified atom stereocenters. The van der Waals surface area contributed by atoms with E-state index in [2.05, 4.69) is 9.80 Å². The number of hydrogen-bond acceptors (Lipinski definition) is 3. The molecule has 3 saturated heterocycles. The molecular formula is C17H22N2O2. The van der Waals surface area contributed by atoms with Crippen LogP contribution in [0.25, 0.3) is 0 Å². The summed E-state index contributed by atoms with van der Waals surface area (Å²) in [6, 6.07) is 6.25. The lowest BCUT2D eigenvalue weighted by atomic mass is 9.82. The average molecular weight is 286 g/mol. The zero-order valence-corrected chi connectivity index (χ0v) is 12.5. The summed E-state index contributed by atoms with van der Waals surface area (Å²) in [6.45, 7) is 4.33. The van der Waals surface area contributed by atoms with E-state index in [9.17, 15) is 4.79 Å². The molecule has 4 nitrogen and oxygen atoms in total. The van der Waals surface area contributed by atoms with E-state index in [0.29, 0.717) is 12.0 Å². The Morgan fingerprint density at radius 3 is 2.67 bits per heavy atom. The number of carbonyl (C=O) groups excluding carboxylic acids is 1. The lowest BCUT2D eigenvalue weighted by Gasteiger charge is -2.50. The number of carbonyl (C=O) groups is 1. The fourth-order valence-electron chi connectivity index (χ4n) is 4.31. The molecule has 4 aliphatic rings. The van der Waals surface area contributed by atoms with Crippen molar-refractivity contribution >= 4 is 5.91 Å². The largest absolute Gasteiger partial charge is 0.496 e. The second-order valence-corrected chi connectivity index (χ2v) is 6.44. The van der Waals surface area contributed by atoms with Crippen molar-refractivity contribution in [2.75, 3.05) is 33.3 Å². The van der Waals surface area contributed by atoms with Gasteiger partial charge in [-0.1, -0.05) is 6.07 Å². The molecule has 5 rings (SSSR count). The van der Waals surface area contributed by atoms with Crippen molar-refractivity contribution in [1.82, 2.24) is 9.80 Å². The highest BCUT2D eigenvalue weighted by Gasteiger charge is 2.41. The van der Waals surface area contributed by atoms with Crippen LogP contribution in [0.1, 0.15) is 28.8 Å². The number of benzene rings is 1. The summed E-state index contributed by atoms with van der Waals surface area (Å²) >= 11 is 0. The van der Waals surface area contributed by atoms with Gasteiger partial charge in [0.15, 0.2) is 0 Å². The number of rotatable bonds is 2. The second-order valence-electron chi connectivity index (χ2n) is 6.44. The third-order valence-corrected chi connectivity index (χ3v) is 5.47. The summed E-state index contributed by atoms with van der Waals surface area (Å²) in [6.07, 6.45) is 3.41. The van der Waals surface area contributed by atoms with Crippen LogP contribution in [-0.2, 0) is 6.42 Å². The molecule has 4 aliphatic heterocycles. The van der Waals surface area contributed by atoms with Crippen molar-refractivity contribution in [2.45, 2.75) is 25.3 Å². The van der Waals surface area contributed by atoms with Gasteiger partial charge >= 0.3 is 0 Å². The maximum atomic E-state index is 12.9. The summed E-state index contributed by atoms with van der Waals surface area (Å²) in [5, 5.41) is 0. The Labute approximate surface area is 125 Å². The standard InChI is InChI=1S/C17H22N2O2/c1-21-16-4-2-3-14-13(16)7-10-19(17(14)20)15-11-18-8-5-12(15)6-9-18/h2-4,12,15H,5-11H2,1H3/t15-/m1/s1. The van der Waals surface area contributed by atoms with E-state index in [4.69, 9.17) is 4.74 Å². The van der Waals surface area contributed by atoms with Gasteiger partial charge in [-0.25, -0.2) is 0 Å². The third kappa shape index (κ3) is 2.04. The van der Waals surface area contributed by atoms with Crippen LogP contribution in [0.2, 0.25) is 0 Å². The molecule has 1 atom stereocenters. The Morgan fingerprint density at radius 2 is 2.00 bits per heavy atom.